The van der Waals surface area contributed by atoms with Crippen LogP contribution in [0.4, 0.5) is 0 Å². The maximum absolute atomic E-state index is 7.33. The molecule has 4 heteroatoms. The smallest absolute Gasteiger partial charge is 0.0947 e. The highest BCUT2D eigenvalue weighted by atomic mass is 15.2. The molecule has 0 spiro atoms. The molecule has 88 valence electrons. The third-order valence-electron chi connectivity index (χ3n) is 3.11. The number of nitrogens with one attached hydrogen (secondary N) is 1. The fourth-order valence-electron chi connectivity index (χ4n) is 1.98. The van der Waals surface area contributed by atoms with Crippen LogP contribution in [0.1, 0.15) is 19.8 Å². The molecule has 0 saturated carbocycles. The summed E-state index contributed by atoms with van der Waals surface area (Å²) in [5.74, 6) is 0.469. The summed E-state index contributed by atoms with van der Waals surface area (Å²) in [5, 5.41) is 7.33. The normalized spacial score (nSPS) is 19.7. The van der Waals surface area contributed by atoms with Crippen molar-refractivity contribution in [2.24, 2.45) is 11.7 Å². The minimum absolute atomic E-state index is 0.175. The predicted octanol–water partition coefficient (Wildman–Crippen LogP) is 0.586. The number of hydrogen-bond acceptors (Lipinski definition) is 3. The summed E-state index contributed by atoms with van der Waals surface area (Å²) in [5.41, 5.74) is 5.45. The summed E-state index contributed by atoms with van der Waals surface area (Å²) in [6, 6.07) is 0. The van der Waals surface area contributed by atoms with Gasteiger partial charge in [-0.3, -0.25) is 5.41 Å². The molecular formula is C11H24N4. The summed E-state index contributed by atoms with van der Waals surface area (Å²) in [6.45, 7) is 7.66. The van der Waals surface area contributed by atoms with Gasteiger partial charge in [-0.1, -0.05) is 6.92 Å². The Hall–Kier alpha value is -0.610. The minimum atomic E-state index is 0.175. The standard InChI is InChI=1S/C11H24N4/c1-10(11(12)13)9-14(2)7-8-15-5-3-4-6-15/h10H,3-9H2,1-2H3,(H3,12,13). The molecule has 1 aliphatic rings. The molecule has 1 unspecified atom stereocenters. The van der Waals surface area contributed by atoms with Crippen LogP contribution in [0.15, 0.2) is 0 Å². The van der Waals surface area contributed by atoms with E-state index in [-0.39, 0.29) is 5.92 Å². The van der Waals surface area contributed by atoms with Gasteiger partial charge in [-0.15, -0.1) is 0 Å². The van der Waals surface area contributed by atoms with Crippen LogP contribution in [0.5, 0.6) is 0 Å². The van der Waals surface area contributed by atoms with E-state index in [1.807, 2.05) is 6.92 Å². The van der Waals surface area contributed by atoms with Gasteiger partial charge in [-0.05, 0) is 33.0 Å². The van der Waals surface area contributed by atoms with E-state index in [9.17, 15) is 0 Å². The van der Waals surface area contributed by atoms with Crippen LogP contribution in [-0.4, -0.2) is 55.4 Å². The SMILES string of the molecule is CC(CN(C)CCN1CCCC1)C(=N)N. The summed E-state index contributed by atoms with van der Waals surface area (Å²) in [6.07, 6.45) is 2.71. The fourth-order valence-corrected chi connectivity index (χ4v) is 1.98. The molecule has 0 aliphatic carbocycles. The lowest BCUT2D eigenvalue weighted by Crippen LogP contribution is -2.36. The molecule has 1 heterocycles. The van der Waals surface area contributed by atoms with Crippen molar-refractivity contribution in [3.05, 3.63) is 0 Å². The number of amidine groups is 1. The molecule has 1 rings (SSSR count). The molecule has 1 atom stereocenters. The van der Waals surface area contributed by atoms with Gasteiger partial charge in [0, 0.05) is 25.6 Å². The molecule has 1 fully saturated rings. The lowest BCUT2D eigenvalue weighted by atomic mass is 10.1. The summed E-state index contributed by atoms with van der Waals surface area (Å²) in [4.78, 5) is 4.78. The van der Waals surface area contributed by atoms with Crippen molar-refractivity contribution in [1.29, 1.82) is 5.41 Å². The highest BCUT2D eigenvalue weighted by Crippen LogP contribution is 2.06. The number of nitrogens with two attached hydrogens (primary N) is 1. The van der Waals surface area contributed by atoms with Crippen molar-refractivity contribution < 1.29 is 0 Å². The Morgan fingerprint density at radius 1 is 1.47 bits per heavy atom. The van der Waals surface area contributed by atoms with Crippen LogP contribution in [-0.2, 0) is 0 Å². The predicted molar refractivity (Wildman–Crippen MR) is 64.2 cm³/mol. The van der Waals surface area contributed by atoms with Gasteiger partial charge in [-0.2, -0.15) is 0 Å². The van der Waals surface area contributed by atoms with Crippen LogP contribution >= 0.6 is 0 Å². The van der Waals surface area contributed by atoms with Crippen molar-refractivity contribution >= 4 is 5.84 Å². The van der Waals surface area contributed by atoms with Gasteiger partial charge >= 0.3 is 0 Å². The quantitative estimate of drug-likeness (QED) is 0.500. The van der Waals surface area contributed by atoms with Crippen molar-refractivity contribution in [1.82, 2.24) is 9.80 Å². The number of hydrogen-bond donors (Lipinski definition) is 2. The Labute approximate surface area is 92.9 Å². The van der Waals surface area contributed by atoms with Gasteiger partial charge in [0.15, 0.2) is 0 Å². The number of likely N-dealkylation sites (tertiary alicyclic amines) is 1. The van der Waals surface area contributed by atoms with Crippen molar-refractivity contribution in [2.75, 3.05) is 39.8 Å². The Balaban J connectivity index is 2.12. The third-order valence-corrected chi connectivity index (χ3v) is 3.11. The molecule has 0 aromatic carbocycles. The van der Waals surface area contributed by atoms with Gasteiger partial charge in [0.1, 0.15) is 0 Å². The molecule has 1 aliphatic heterocycles. The largest absolute Gasteiger partial charge is 0.387 e. The number of nitrogens with zero attached hydrogens (tertiary/aromatic N) is 2. The summed E-state index contributed by atoms with van der Waals surface area (Å²) >= 11 is 0. The van der Waals surface area contributed by atoms with E-state index in [0.29, 0.717) is 5.84 Å². The van der Waals surface area contributed by atoms with Gasteiger partial charge < -0.3 is 15.5 Å². The first-order valence-corrected chi connectivity index (χ1v) is 5.84. The Kier molecular flexibility index (Phi) is 5.05. The summed E-state index contributed by atoms with van der Waals surface area (Å²) in [7, 11) is 2.11. The second-order valence-corrected chi connectivity index (χ2v) is 4.67. The lowest BCUT2D eigenvalue weighted by molar-refractivity contribution is 0.248. The average molecular weight is 212 g/mol. The Morgan fingerprint density at radius 2 is 2.07 bits per heavy atom. The molecule has 0 bridgehead atoms. The van der Waals surface area contributed by atoms with Crippen molar-refractivity contribution in [2.45, 2.75) is 19.8 Å². The number of rotatable bonds is 6. The van der Waals surface area contributed by atoms with E-state index in [0.717, 1.165) is 19.6 Å². The minimum Gasteiger partial charge on any atom is -0.387 e. The maximum Gasteiger partial charge on any atom is 0.0947 e. The highest BCUT2D eigenvalue weighted by molar-refractivity contribution is 5.79. The molecular weight excluding hydrogens is 188 g/mol. The van der Waals surface area contributed by atoms with Gasteiger partial charge in [0.2, 0.25) is 0 Å². The van der Waals surface area contributed by atoms with Gasteiger partial charge in [0.25, 0.3) is 0 Å². The molecule has 0 aromatic rings. The summed E-state index contributed by atoms with van der Waals surface area (Å²) < 4.78 is 0. The van der Waals surface area contributed by atoms with E-state index in [2.05, 4.69) is 16.8 Å². The topological polar surface area (TPSA) is 56.4 Å². The third kappa shape index (κ3) is 4.62. The zero-order valence-corrected chi connectivity index (χ0v) is 10.00. The maximum atomic E-state index is 7.33. The molecule has 4 nitrogen and oxygen atoms in total. The first kappa shape index (κ1) is 12.5. The zero-order chi connectivity index (χ0) is 11.3. The molecule has 1 saturated heterocycles. The van der Waals surface area contributed by atoms with E-state index < -0.39 is 0 Å². The molecule has 0 radical (unpaired) electrons. The number of likely N-dealkylation sites (N-methyl/N-ethyl adjacent to an activating group) is 1. The van der Waals surface area contributed by atoms with E-state index in [4.69, 9.17) is 11.1 Å². The monoisotopic (exact) mass is 212 g/mol. The van der Waals surface area contributed by atoms with E-state index in [1.54, 1.807) is 0 Å². The van der Waals surface area contributed by atoms with E-state index >= 15 is 0 Å². The van der Waals surface area contributed by atoms with Crippen molar-refractivity contribution in [3.8, 4) is 0 Å². The second kappa shape index (κ2) is 6.08. The average Bonchev–Trinajstić information content (AvgIpc) is 2.66. The lowest BCUT2D eigenvalue weighted by Gasteiger charge is -2.23. The first-order valence-electron chi connectivity index (χ1n) is 5.84. The van der Waals surface area contributed by atoms with Gasteiger partial charge in [-0.25, -0.2) is 0 Å². The molecule has 3 N–H and O–H groups in total. The fraction of sp³-hybridized carbons (Fsp3) is 0.909. The highest BCUT2D eigenvalue weighted by Gasteiger charge is 2.13. The van der Waals surface area contributed by atoms with Gasteiger partial charge in [0.05, 0.1) is 5.84 Å². The van der Waals surface area contributed by atoms with Crippen LogP contribution in [0.25, 0.3) is 0 Å². The second-order valence-electron chi connectivity index (χ2n) is 4.67. The van der Waals surface area contributed by atoms with E-state index in [1.165, 1.54) is 25.9 Å². The molecule has 15 heavy (non-hydrogen) atoms. The van der Waals surface area contributed by atoms with Crippen LogP contribution in [0, 0.1) is 11.3 Å². The zero-order valence-electron chi connectivity index (χ0n) is 10.00. The van der Waals surface area contributed by atoms with Crippen LogP contribution in [0.2, 0.25) is 0 Å². The molecule has 0 amide bonds. The first-order chi connectivity index (χ1) is 7.09. The Bertz CT molecular complexity index is 199. The van der Waals surface area contributed by atoms with Crippen LogP contribution < -0.4 is 5.73 Å². The Morgan fingerprint density at radius 3 is 2.60 bits per heavy atom. The van der Waals surface area contributed by atoms with Crippen LogP contribution in [0.3, 0.4) is 0 Å². The van der Waals surface area contributed by atoms with Crippen molar-refractivity contribution in [3.63, 3.8) is 0 Å². The molecule has 0 aromatic heterocycles.